The number of nitrogens with one attached hydrogen (secondary N) is 1. The molecule has 1 aromatic carbocycles. The topological polar surface area (TPSA) is 78.8 Å². The minimum Gasteiger partial charge on any atom is -0.508 e. The van der Waals surface area contributed by atoms with Gasteiger partial charge in [0.1, 0.15) is 5.75 Å². The minimum atomic E-state index is -0.378. The summed E-state index contributed by atoms with van der Waals surface area (Å²) >= 11 is 1.11. The zero-order valence-electron chi connectivity index (χ0n) is 9.51. The molecule has 0 aromatic heterocycles. The van der Waals surface area contributed by atoms with Gasteiger partial charge in [0.2, 0.25) is 5.91 Å². The Kier molecular flexibility index (Phi) is 3.47. The summed E-state index contributed by atoms with van der Waals surface area (Å²) in [5.74, 6) is -0.477. The molecule has 6 heteroatoms. The Labute approximate surface area is 108 Å². The summed E-state index contributed by atoms with van der Waals surface area (Å²) < 4.78 is 0. The summed E-state index contributed by atoms with van der Waals surface area (Å²) in [4.78, 5) is 26.6. The van der Waals surface area contributed by atoms with Crippen LogP contribution in [0.15, 0.2) is 34.2 Å². The van der Waals surface area contributed by atoms with Gasteiger partial charge in [-0.3, -0.25) is 9.59 Å². The van der Waals surface area contributed by atoms with Gasteiger partial charge in [-0.2, -0.15) is 4.99 Å². The number of hydrogen-bond acceptors (Lipinski definition) is 4. The van der Waals surface area contributed by atoms with E-state index in [1.807, 2.05) is 0 Å². The molecule has 2 N–H and O–H groups in total. The highest BCUT2D eigenvalue weighted by molar-refractivity contribution is 8.18. The number of rotatable bonds is 1. The molecule has 0 bridgehead atoms. The van der Waals surface area contributed by atoms with Crippen LogP contribution in [-0.2, 0) is 9.59 Å². The van der Waals surface area contributed by atoms with E-state index in [2.05, 4.69) is 10.3 Å². The lowest BCUT2D eigenvalue weighted by Gasteiger charge is -1.98. The highest BCUT2D eigenvalue weighted by atomic mass is 32.2. The fourth-order valence-electron chi connectivity index (χ4n) is 1.34. The maximum absolute atomic E-state index is 11.6. The van der Waals surface area contributed by atoms with Crippen molar-refractivity contribution in [3.05, 3.63) is 34.7 Å². The highest BCUT2D eigenvalue weighted by Crippen LogP contribution is 2.27. The second-order valence-corrected chi connectivity index (χ2v) is 4.64. The molecule has 1 heterocycles. The molecular formula is C12H10N2O3S. The number of amidine groups is 1. The molecule has 0 saturated heterocycles. The van der Waals surface area contributed by atoms with Crippen molar-refractivity contribution in [3.63, 3.8) is 0 Å². The predicted octanol–water partition coefficient (Wildman–Crippen LogP) is 1.50. The molecule has 0 aliphatic carbocycles. The first-order valence-electron chi connectivity index (χ1n) is 5.14. The quantitative estimate of drug-likeness (QED) is 0.752. The van der Waals surface area contributed by atoms with E-state index in [9.17, 15) is 9.59 Å². The zero-order chi connectivity index (χ0) is 13.1. The molecule has 0 fully saturated rings. The minimum absolute atomic E-state index is 0.165. The van der Waals surface area contributed by atoms with Gasteiger partial charge in [0, 0.05) is 6.92 Å². The Morgan fingerprint density at radius 1 is 1.39 bits per heavy atom. The van der Waals surface area contributed by atoms with E-state index >= 15 is 0 Å². The highest BCUT2D eigenvalue weighted by Gasteiger charge is 2.22. The van der Waals surface area contributed by atoms with E-state index < -0.39 is 0 Å². The largest absolute Gasteiger partial charge is 0.508 e. The molecule has 92 valence electrons. The molecule has 1 aromatic rings. The van der Waals surface area contributed by atoms with Crippen molar-refractivity contribution in [2.75, 3.05) is 0 Å². The Bertz CT molecular complexity index is 561. The average Bonchev–Trinajstić information content (AvgIpc) is 2.61. The van der Waals surface area contributed by atoms with Crippen LogP contribution >= 0.6 is 11.8 Å². The molecule has 5 nitrogen and oxygen atoms in total. The molecule has 18 heavy (non-hydrogen) atoms. The van der Waals surface area contributed by atoms with Crippen molar-refractivity contribution in [1.82, 2.24) is 5.32 Å². The monoisotopic (exact) mass is 262 g/mol. The summed E-state index contributed by atoms with van der Waals surface area (Å²) in [6.45, 7) is 1.36. The Morgan fingerprint density at radius 2 is 2.06 bits per heavy atom. The number of phenols is 1. The SMILES string of the molecule is CC(=O)NC1=NC(=O)/C(=C/c2ccc(O)cc2)S1. The molecule has 0 spiro atoms. The van der Waals surface area contributed by atoms with Crippen LogP contribution in [0.4, 0.5) is 0 Å². The normalized spacial score (nSPS) is 16.8. The molecule has 2 amide bonds. The predicted molar refractivity (Wildman–Crippen MR) is 69.9 cm³/mol. The second kappa shape index (κ2) is 5.05. The summed E-state index contributed by atoms with van der Waals surface area (Å²) in [5.41, 5.74) is 0.780. The molecule has 0 radical (unpaired) electrons. The lowest BCUT2D eigenvalue weighted by Crippen LogP contribution is -2.23. The first kappa shape index (κ1) is 12.4. The Balaban J connectivity index is 2.15. The molecular weight excluding hydrogens is 252 g/mol. The van der Waals surface area contributed by atoms with Crippen LogP contribution < -0.4 is 5.32 Å². The van der Waals surface area contributed by atoms with Crippen molar-refractivity contribution >= 4 is 34.8 Å². The van der Waals surface area contributed by atoms with Gasteiger partial charge in [-0.05, 0) is 35.5 Å². The van der Waals surface area contributed by atoms with Gasteiger partial charge in [0.15, 0.2) is 5.17 Å². The third-order valence-electron chi connectivity index (χ3n) is 2.09. The first-order valence-corrected chi connectivity index (χ1v) is 5.95. The number of nitrogens with zero attached hydrogens (tertiary/aromatic N) is 1. The number of hydrogen-bond donors (Lipinski definition) is 2. The Hall–Kier alpha value is -2.08. The fourth-order valence-corrected chi connectivity index (χ4v) is 2.19. The number of carbonyl (C=O) groups is 2. The van der Waals surface area contributed by atoms with Crippen LogP contribution in [-0.4, -0.2) is 22.1 Å². The number of amides is 2. The van der Waals surface area contributed by atoms with Crippen molar-refractivity contribution in [1.29, 1.82) is 0 Å². The molecule has 0 unspecified atom stereocenters. The summed E-state index contributed by atoms with van der Waals surface area (Å²) in [6, 6.07) is 6.44. The summed E-state index contributed by atoms with van der Waals surface area (Å²) in [6.07, 6.45) is 1.66. The lowest BCUT2D eigenvalue weighted by atomic mass is 10.2. The van der Waals surface area contributed by atoms with Crippen molar-refractivity contribution < 1.29 is 14.7 Å². The summed E-state index contributed by atoms with van der Waals surface area (Å²) in [7, 11) is 0. The standard InChI is InChI=1S/C12H10N2O3S/c1-7(15)13-12-14-11(17)10(18-12)6-8-2-4-9(16)5-3-8/h2-6,16H,1H3,(H,13,14,15,17)/b10-6-. The molecule has 2 rings (SSSR count). The van der Waals surface area contributed by atoms with E-state index in [1.54, 1.807) is 18.2 Å². The number of phenolic OH excluding ortho intramolecular Hbond substituents is 1. The third kappa shape index (κ3) is 2.98. The van der Waals surface area contributed by atoms with E-state index in [4.69, 9.17) is 5.11 Å². The van der Waals surface area contributed by atoms with Crippen LogP contribution in [0.5, 0.6) is 5.75 Å². The van der Waals surface area contributed by atoms with Gasteiger partial charge in [-0.15, -0.1) is 0 Å². The number of benzene rings is 1. The second-order valence-electron chi connectivity index (χ2n) is 3.61. The van der Waals surface area contributed by atoms with Crippen LogP contribution in [0.25, 0.3) is 6.08 Å². The van der Waals surface area contributed by atoms with E-state index in [0.29, 0.717) is 4.91 Å². The van der Waals surface area contributed by atoms with Crippen LogP contribution in [0.1, 0.15) is 12.5 Å². The van der Waals surface area contributed by atoms with Crippen LogP contribution in [0, 0.1) is 0 Å². The zero-order valence-corrected chi connectivity index (χ0v) is 10.3. The number of aliphatic imine (C=N–C) groups is 1. The Morgan fingerprint density at radius 3 is 2.67 bits per heavy atom. The molecule has 0 atom stereocenters. The van der Waals surface area contributed by atoms with Gasteiger partial charge in [0.25, 0.3) is 5.91 Å². The lowest BCUT2D eigenvalue weighted by molar-refractivity contribution is -0.117. The molecule has 1 aliphatic rings. The van der Waals surface area contributed by atoms with Gasteiger partial charge in [-0.25, -0.2) is 0 Å². The van der Waals surface area contributed by atoms with Crippen molar-refractivity contribution in [2.45, 2.75) is 6.92 Å². The van der Waals surface area contributed by atoms with E-state index in [1.165, 1.54) is 19.1 Å². The van der Waals surface area contributed by atoms with Crippen LogP contribution in [0.3, 0.4) is 0 Å². The molecule has 0 saturated carbocycles. The third-order valence-corrected chi connectivity index (χ3v) is 2.99. The summed E-state index contributed by atoms with van der Waals surface area (Å²) in [5, 5.41) is 11.9. The van der Waals surface area contributed by atoms with Crippen molar-refractivity contribution in [3.8, 4) is 5.75 Å². The number of aromatic hydroxyl groups is 1. The van der Waals surface area contributed by atoms with Gasteiger partial charge >= 0.3 is 0 Å². The average molecular weight is 262 g/mol. The molecule has 1 aliphatic heterocycles. The number of carbonyl (C=O) groups excluding carboxylic acids is 2. The fraction of sp³-hybridized carbons (Fsp3) is 0.0833. The van der Waals surface area contributed by atoms with Crippen LogP contribution in [0.2, 0.25) is 0 Å². The smallest absolute Gasteiger partial charge is 0.286 e. The van der Waals surface area contributed by atoms with Gasteiger partial charge in [0.05, 0.1) is 4.91 Å². The van der Waals surface area contributed by atoms with Crippen molar-refractivity contribution in [2.24, 2.45) is 4.99 Å². The number of thioether (sulfide) groups is 1. The van der Waals surface area contributed by atoms with Gasteiger partial charge < -0.3 is 10.4 Å². The maximum atomic E-state index is 11.6. The van der Waals surface area contributed by atoms with E-state index in [0.717, 1.165) is 17.3 Å². The maximum Gasteiger partial charge on any atom is 0.286 e. The van der Waals surface area contributed by atoms with Gasteiger partial charge in [-0.1, -0.05) is 12.1 Å². The van der Waals surface area contributed by atoms with E-state index in [-0.39, 0.29) is 22.7 Å². The first-order chi connectivity index (χ1) is 8.54.